The maximum absolute atomic E-state index is 3.73. The van der Waals surface area contributed by atoms with Crippen LogP contribution in [0.1, 0.15) is 31.4 Å². The first-order valence-electron chi connectivity index (χ1n) is 7.60. The van der Waals surface area contributed by atoms with Crippen LogP contribution in [0.3, 0.4) is 0 Å². The van der Waals surface area contributed by atoms with Crippen molar-refractivity contribution in [3.8, 4) is 0 Å². The lowest BCUT2D eigenvalue weighted by Gasteiger charge is -2.45. The molecule has 1 saturated heterocycles. The van der Waals surface area contributed by atoms with Crippen LogP contribution in [-0.4, -0.2) is 18.5 Å². The van der Waals surface area contributed by atoms with Crippen LogP contribution in [-0.2, 0) is 0 Å². The van der Waals surface area contributed by atoms with Gasteiger partial charge >= 0.3 is 0 Å². The van der Waals surface area contributed by atoms with Crippen molar-refractivity contribution in [1.82, 2.24) is 4.90 Å². The normalized spacial score (nSPS) is 25.4. The molecule has 0 amide bonds. The molecule has 1 heterocycles. The molecular weight excluding hydrogens is 322 g/mol. The highest BCUT2D eigenvalue weighted by Gasteiger charge is 2.40. The average Bonchev–Trinajstić information content (AvgIpc) is 2.77. The van der Waals surface area contributed by atoms with Crippen molar-refractivity contribution >= 4 is 27.6 Å². The molecule has 2 heteroatoms. The number of hydrogen-bond donors (Lipinski definition) is 0. The minimum absolute atomic E-state index is 0.367. The third-order valence-corrected chi connectivity index (χ3v) is 5.61. The fraction of sp³-hybridized carbons (Fsp3) is 0.368. The van der Waals surface area contributed by atoms with Crippen molar-refractivity contribution in [2.45, 2.75) is 20.3 Å². The molecule has 3 aliphatic rings. The number of piperidine rings is 1. The summed E-state index contributed by atoms with van der Waals surface area (Å²) in [5, 5.41) is 0. The molecule has 21 heavy (non-hydrogen) atoms. The molecule has 1 aromatic rings. The summed E-state index contributed by atoms with van der Waals surface area (Å²) in [6, 6.07) is 6.50. The van der Waals surface area contributed by atoms with E-state index in [2.05, 4.69) is 78.2 Å². The van der Waals surface area contributed by atoms with E-state index in [1.54, 1.807) is 0 Å². The third kappa shape index (κ3) is 1.96. The zero-order valence-corrected chi connectivity index (χ0v) is 14.4. The minimum Gasteiger partial charge on any atom is -0.377 e. The van der Waals surface area contributed by atoms with E-state index < -0.39 is 0 Å². The molecule has 1 unspecified atom stereocenters. The molecule has 0 bridgehead atoms. The van der Waals surface area contributed by atoms with Gasteiger partial charge < -0.3 is 4.90 Å². The molecule has 0 saturated carbocycles. The first-order chi connectivity index (χ1) is 9.96. The second-order valence-corrected chi connectivity index (χ2v) is 8.11. The Labute approximate surface area is 135 Å². The van der Waals surface area contributed by atoms with E-state index in [-0.39, 0.29) is 0 Å². The van der Waals surface area contributed by atoms with E-state index in [0.717, 1.165) is 6.54 Å². The van der Waals surface area contributed by atoms with Crippen LogP contribution in [0.5, 0.6) is 0 Å². The summed E-state index contributed by atoms with van der Waals surface area (Å²) >= 11 is 3.73. The molecule has 1 atom stereocenters. The largest absolute Gasteiger partial charge is 0.377 e. The number of benzene rings is 1. The Balaban J connectivity index is 1.86. The van der Waals surface area contributed by atoms with Crippen molar-refractivity contribution in [3.05, 3.63) is 57.2 Å². The number of allylic oxidation sites excluding steroid dienone is 4. The molecule has 1 aliphatic heterocycles. The Bertz CT molecular complexity index is 721. The maximum atomic E-state index is 3.73. The minimum atomic E-state index is 0.367. The van der Waals surface area contributed by atoms with Crippen LogP contribution < -0.4 is 0 Å². The standard InChI is InChI=1S/C19H20BrN/c1-19(2)10-15-14-9-12-5-4-6-16(20)18(12)13(14)7-8-17(15)21(3)11-19/h4-9,15H,10-11H2,1-3H3. The maximum Gasteiger partial charge on any atom is 0.0259 e. The van der Waals surface area contributed by atoms with Gasteiger partial charge in [-0.15, -0.1) is 0 Å². The second kappa shape index (κ2) is 4.36. The van der Waals surface area contributed by atoms with Crippen LogP contribution in [0.25, 0.3) is 11.6 Å². The summed E-state index contributed by atoms with van der Waals surface area (Å²) < 4.78 is 1.21. The third-order valence-electron chi connectivity index (χ3n) is 4.95. The Morgan fingerprint density at radius 1 is 1.24 bits per heavy atom. The van der Waals surface area contributed by atoms with E-state index in [1.807, 2.05) is 0 Å². The molecule has 4 rings (SSSR count). The summed E-state index contributed by atoms with van der Waals surface area (Å²) in [5.74, 6) is 0.540. The van der Waals surface area contributed by atoms with Gasteiger partial charge in [-0.3, -0.25) is 0 Å². The lowest BCUT2D eigenvalue weighted by atomic mass is 9.71. The first-order valence-corrected chi connectivity index (χ1v) is 8.39. The Morgan fingerprint density at radius 3 is 2.86 bits per heavy atom. The van der Waals surface area contributed by atoms with Gasteiger partial charge in [-0.2, -0.15) is 0 Å². The predicted octanol–water partition coefficient (Wildman–Crippen LogP) is 5.10. The van der Waals surface area contributed by atoms with Crippen LogP contribution in [0.15, 0.2) is 46.1 Å². The smallest absolute Gasteiger partial charge is 0.0259 e. The van der Waals surface area contributed by atoms with Crippen molar-refractivity contribution in [2.24, 2.45) is 11.3 Å². The van der Waals surface area contributed by atoms with Gasteiger partial charge in [0.1, 0.15) is 0 Å². The Hall–Kier alpha value is -1.28. The predicted molar refractivity (Wildman–Crippen MR) is 92.7 cm³/mol. The van der Waals surface area contributed by atoms with Crippen LogP contribution >= 0.6 is 15.9 Å². The number of likely N-dealkylation sites (tertiary alicyclic amines) is 1. The highest BCUT2D eigenvalue weighted by Crippen LogP contribution is 2.51. The highest BCUT2D eigenvalue weighted by atomic mass is 79.9. The number of halogens is 1. The van der Waals surface area contributed by atoms with Gasteiger partial charge in [0.05, 0.1) is 0 Å². The van der Waals surface area contributed by atoms with Crippen LogP contribution in [0.2, 0.25) is 0 Å². The van der Waals surface area contributed by atoms with E-state index in [1.165, 1.54) is 38.9 Å². The monoisotopic (exact) mass is 341 g/mol. The summed E-state index contributed by atoms with van der Waals surface area (Å²) in [6.45, 7) is 5.91. The van der Waals surface area contributed by atoms with Gasteiger partial charge in [-0.1, -0.05) is 48.0 Å². The average molecular weight is 342 g/mol. The lowest BCUT2D eigenvalue weighted by Crippen LogP contribution is -2.42. The SMILES string of the molecule is CN1CC(C)(C)CC2C3=Cc4cccc(Br)c4C3=CC=C21. The van der Waals surface area contributed by atoms with E-state index >= 15 is 0 Å². The van der Waals surface area contributed by atoms with E-state index in [4.69, 9.17) is 0 Å². The van der Waals surface area contributed by atoms with Gasteiger partial charge in [0.2, 0.25) is 0 Å². The molecule has 2 aliphatic carbocycles. The zero-order chi connectivity index (χ0) is 14.8. The summed E-state index contributed by atoms with van der Waals surface area (Å²) in [4.78, 5) is 2.44. The zero-order valence-electron chi connectivity index (χ0n) is 12.8. The summed E-state index contributed by atoms with van der Waals surface area (Å²) in [5.41, 5.74) is 7.49. The van der Waals surface area contributed by atoms with Gasteiger partial charge in [-0.25, -0.2) is 0 Å². The first kappa shape index (κ1) is 13.4. The van der Waals surface area contributed by atoms with E-state index in [9.17, 15) is 0 Å². The van der Waals surface area contributed by atoms with Crippen molar-refractivity contribution in [2.75, 3.05) is 13.6 Å². The fourth-order valence-electron chi connectivity index (χ4n) is 4.21. The molecule has 1 fully saturated rings. The fourth-order valence-corrected chi connectivity index (χ4v) is 4.80. The quantitative estimate of drug-likeness (QED) is 0.634. The molecular formula is C19H20BrN. The Kier molecular flexibility index (Phi) is 2.78. The summed E-state index contributed by atoms with van der Waals surface area (Å²) in [6.07, 6.45) is 8.28. The molecule has 0 radical (unpaired) electrons. The number of fused-ring (bicyclic) bond motifs is 5. The van der Waals surface area contributed by atoms with Gasteiger partial charge in [0, 0.05) is 35.2 Å². The molecule has 1 nitrogen and oxygen atoms in total. The highest BCUT2D eigenvalue weighted by molar-refractivity contribution is 9.10. The van der Waals surface area contributed by atoms with Crippen molar-refractivity contribution in [1.29, 1.82) is 0 Å². The summed E-state index contributed by atoms with van der Waals surface area (Å²) in [7, 11) is 2.23. The number of hydrogen-bond acceptors (Lipinski definition) is 1. The van der Waals surface area contributed by atoms with Crippen molar-refractivity contribution in [3.63, 3.8) is 0 Å². The van der Waals surface area contributed by atoms with Gasteiger partial charge in [0.15, 0.2) is 0 Å². The topological polar surface area (TPSA) is 3.24 Å². The van der Waals surface area contributed by atoms with Crippen LogP contribution in [0, 0.1) is 11.3 Å². The molecule has 108 valence electrons. The molecule has 0 N–H and O–H groups in total. The van der Waals surface area contributed by atoms with Gasteiger partial charge in [0.25, 0.3) is 0 Å². The molecule has 0 spiro atoms. The molecule has 0 aromatic heterocycles. The molecule has 1 aromatic carbocycles. The number of rotatable bonds is 0. The van der Waals surface area contributed by atoms with E-state index in [0.29, 0.717) is 11.3 Å². The number of nitrogens with zero attached hydrogens (tertiary/aromatic N) is 1. The van der Waals surface area contributed by atoms with Crippen LogP contribution in [0.4, 0.5) is 0 Å². The second-order valence-electron chi connectivity index (χ2n) is 7.25. The van der Waals surface area contributed by atoms with Gasteiger partial charge in [-0.05, 0) is 46.8 Å². The Morgan fingerprint density at radius 2 is 2.05 bits per heavy atom. The lowest BCUT2D eigenvalue weighted by molar-refractivity contribution is 0.154. The van der Waals surface area contributed by atoms with Crippen molar-refractivity contribution < 1.29 is 0 Å².